The predicted molar refractivity (Wildman–Crippen MR) is 67.8 cm³/mol. The van der Waals surface area contributed by atoms with Crippen LogP contribution in [-0.4, -0.2) is 16.5 Å². The van der Waals surface area contributed by atoms with Crippen LogP contribution in [0.25, 0.3) is 11.0 Å². The molecular weight excluding hydrogens is 222 g/mol. The summed E-state index contributed by atoms with van der Waals surface area (Å²) in [7, 11) is 0. The normalized spacial score (nSPS) is 10.4. The predicted octanol–water partition coefficient (Wildman–Crippen LogP) is 3.10. The molecule has 16 heavy (non-hydrogen) atoms. The van der Waals surface area contributed by atoms with Gasteiger partial charge in [-0.1, -0.05) is 30.3 Å². The molecule has 0 radical (unpaired) electrons. The first-order chi connectivity index (χ1) is 7.66. The second kappa shape index (κ2) is 4.49. The van der Waals surface area contributed by atoms with Gasteiger partial charge in [-0.15, -0.1) is 0 Å². The Morgan fingerprint density at radius 1 is 1.31 bits per heavy atom. The Labute approximate surface area is 99.2 Å². The van der Waals surface area contributed by atoms with E-state index >= 15 is 0 Å². The molecule has 0 fully saturated rings. The number of rotatable bonds is 3. The summed E-state index contributed by atoms with van der Waals surface area (Å²) in [4.78, 5) is 8.93. The fourth-order valence-electron chi connectivity index (χ4n) is 1.44. The number of benzene rings is 1. The number of fused-ring (bicyclic) bond motifs is 1. The van der Waals surface area contributed by atoms with Crippen LogP contribution in [0, 0.1) is 6.92 Å². The molecule has 2 aromatic rings. The molecule has 82 valence electrons. The summed E-state index contributed by atoms with van der Waals surface area (Å²) in [5.41, 5.74) is 2.63. The molecule has 0 aliphatic rings. The van der Waals surface area contributed by atoms with Gasteiger partial charge in [-0.3, -0.25) is 0 Å². The van der Waals surface area contributed by atoms with Gasteiger partial charge in [0.1, 0.15) is 5.82 Å². The summed E-state index contributed by atoms with van der Waals surface area (Å²) in [6.07, 6.45) is 0. The molecule has 2 rings (SSSR count). The third-order valence-electron chi connectivity index (χ3n) is 2.19. The maximum absolute atomic E-state index is 5.69. The molecule has 0 bridgehead atoms. The van der Waals surface area contributed by atoms with Gasteiger partial charge in [0.15, 0.2) is 0 Å². The summed E-state index contributed by atoms with van der Waals surface area (Å²) in [6.45, 7) is 6.03. The Hall–Kier alpha value is -1.61. The zero-order valence-corrected chi connectivity index (χ0v) is 9.75. The van der Waals surface area contributed by atoms with E-state index in [0.717, 1.165) is 22.5 Å². The number of para-hydroxylation sites is 2. The molecule has 0 saturated carbocycles. The van der Waals surface area contributed by atoms with Crippen molar-refractivity contribution in [2.45, 2.75) is 6.92 Å². The number of aryl methyl sites for hydroxylation is 1. The molecule has 0 saturated heterocycles. The molecule has 3 nitrogen and oxygen atoms in total. The van der Waals surface area contributed by atoms with Crippen molar-refractivity contribution in [2.24, 2.45) is 0 Å². The molecule has 1 heterocycles. The van der Waals surface area contributed by atoms with Gasteiger partial charge in [0.2, 0.25) is 0 Å². The number of hydrogen-bond donors (Lipinski definition) is 1. The highest BCUT2D eigenvalue weighted by Crippen LogP contribution is 2.16. The standard InChI is InChI=1S/C12H12ClN3/c1-8(13)7-14-12-9(2)15-10-5-3-4-6-11(10)16-12/h3-6H,1,7H2,2H3,(H,14,16). The van der Waals surface area contributed by atoms with Crippen molar-refractivity contribution in [3.63, 3.8) is 0 Å². The van der Waals surface area contributed by atoms with Crippen molar-refractivity contribution in [2.75, 3.05) is 11.9 Å². The quantitative estimate of drug-likeness (QED) is 0.885. The van der Waals surface area contributed by atoms with Crippen molar-refractivity contribution in [1.82, 2.24) is 9.97 Å². The van der Waals surface area contributed by atoms with Crippen LogP contribution >= 0.6 is 11.6 Å². The van der Waals surface area contributed by atoms with E-state index in [0.29, 0.717) is 11.6 Å². The summed E-state index contributed by atoms with van der Waals surface area (Å²) in [6, 6.07) is 7.77. The number of anilines is 1. The largest absolute Gasteiger partial charge is 0.364 e. The lowest BCUT2D eigenvalue weighted by molar-refractivity contribution is 1.14. The minimum atomic E-state index is 0.495. The molecule has 0 aliphatic carbocycles. The Kier molecular flexibility index (Phi) is 3.06. The summed E-state index contributed by atoms with van der Waals surface area (Å²) >= 11 is 5.69. The van der Waals surface area contributed by atoms with Crippen LogP contribution in [0.1, 0.15) is 5.69 Å². The Balaban J connectivity index is 2.38. The van der Waals surface area contributed by atoms with E-state index in [-0.39, 0.29) is 0 Å². The fourth-order valence-corrected chi connectivity index (χ4v) is 1.50. The highest BCUT2D eigenvalue weighted by molar-refractivity contribution is 6.29. The first-order valence-electron chi connectivity index (χ1n) is 4.97. The van der Waals surface area contributed by atoms with Gasteiger partial charge in [-0.25, -0.2) is 9.97 Å². The van der Waals surface area contributed by atoms with E-state index in [9.17, 15) is 0 Å². The molecule has 4 heteroatoms. The van der Waals surface area contributed by atoms with Gasteiger partial charge in [-0.05, 0) is 19.1 Å². The van der Waals surface area contributed by atoms with Gasteiger partial charge >= 0.3 is 0 Å². The Bertz CT molecular complexity index is 537. The molecule has 1 N–H and O–H groups in total. The van der Waals surface area contributed by atoms with E-state index in [1.807, 2.05) is 31.2 Å². The van der Waals surface area contributed by atoms with Gasteiger partial charge in [-0.2, -0.15) is 0 Å². The van der Waals surface area contributed by atoms with Crippen LogP contribution in [0.3, 0.4) is 0 Å². The SMILES string of the molecule is C=C(Cl)CNc1nc2ccccc2nc1C. The molecule has 0 atom stereocenters. The summed E-state index contributed by atoms with van der Waals surface area (Å²) in [5, 5.41) is 3.65. The second-order valence-electron chi connectivity index (χ2n) is 3.52. The lowest BCUT2D eigenvalue weighted by atomic mass is 10.3. The molecular formula is C12H12ClN3. The maximum Gasteiger partial charge on any atom is 0.148 e. The molecule has 0 unspecified atom stereocenters. The highest BCUT2D eigenvalue weighted by Gasteiger charge is 2.03. The lowest BCUT2D eigenvalue weighted by Crippen LogP contribution is -2.06. The molecule has 0 amide bonds. The number of halogens is 1. The van der Waals surface area contributed by atoms with Crippen LogP contribution in [0.4, 0.5) is 5.82 Å². The molecule has 1 aromatic carbocycles. The zero-order valence-electron chi connectivity index (χ0n) is 9.00. The first kappa shape index (κ1) is 10.9. The zero-order chi connectivity index (χ0) is 11.5. The number of nitrogens with one attached hydrogen (secondary N) is 1. The van der Waals surface area contributed by atoms with Crippen molar-refractivity contribution in [3.05, 3.63) is 41.6 Å². The monoisotopic (exact) mass is 233 g/mol. The van der Waals surface area contributed by atoms with Gasteiger partial charge in [0.05, 0.1) is 23.3 Å². The minimum absolute atomic E-state index is 0.495. The van der Waals surface area contributed by atoms with Crippen LogP contribution in [0.2, 0.25) is 0 Å². The fraction of sp³-hybridized carbons (Fsp3) is 0.167. The van der Waals surface area contributed by atoms with Gasteiger partial charge in [0.25, 0.3) is 0 Å². The topological polar surface area (TPSA) is 37.8 Å². The average Bonchev–Trinajstić information content (AvgIpc) is 2.26. The minimum Gasteiger partial charge on any atom is -0.364 e. The van der Waals surface area contributed by atoms with Crippen LogP contribution in [0.5, 0.6) is 0 Å². The van der Waals surface area contributed by atoms with Gasteiger partial charge in [0, 0.05) is 5.03 Å². The van der Waals surface area contributed by atoms with E-state index < -0.39 is 0 Å². The third-order valence-corrected chi connectivity index (χ3v) is 2.33. The van der Waals surface area contributed by atoms with E-state index in [2.05, 4.69) is 21.9 Å². The number of aromatic nitrogens is 2. The maximum atomic E-state index is 5.69. The Morgan fingerprint density at radius 3 is 2.56 bits per heavy atom. The van der Waals surface area contributed by atoms with Crippen molar-refractivity contribution in [3.8, 4) is 0 Å². The van der Waals surface area contributed by atoms with Crippen molar-refractivity contribution in [1.29, 1.82) is 0 Å². The lowest BCUT2D eigenvalue weighted by Gasteiger charge is -2.08. The van der Waals surface area contributed by atoms with Crippen molar-refractivity contribution < 1.29 is 0 Å². The smallest absolute Gasteiger partial charge is 0.148 e. The van der Waals surface area contributed by atoms with Crippen molar-refractivity contribution >= 4 is 28.5 Å². The highest BCUT2D eigenvalue weighted by atomic mass is 35.5. The van der Waals surface area contributed by atoms with Crippen LogP contribution in [-0.2, 0) is 0 Å². The van der Waals surface area contributed by atoms with E-state index in [1.54, 1.807) is 0 Å². The molecule has 1 aromatic heterocycles. The first-order valence-corrected chi connectivity index (χ1v) is 5.35. The van der Waals surface area contributed by atoms with E-state index in [1.165, 1.54) is 0 Å². The summed E-state index contributed by atoms with van der Waals surface area (Å²) in [5.74, 6) is 0.750. The van der Waals surface area contributed by atoms with Crippen LogP contribution < -0.4 is 5.32 Å². The van der Waals surface area contributed by atoms with E-state index in [4.69, 9.17) is 11.6 Å². The Morgan fingerprint density at radius 2 is 1.94 bits per heavy atom. The average molecular weight is 234 g/mol. The molecule has 0 spiro atoms. The van der Waals surface area contributed by atoms with Crippen LogP contribution in [0.15, 0.2) is 35.9 Å². The molecule has 0 aliphatic heterocycles. The number of hydrogen-bond acceptors (Lipinski definition) is 3. The second-order valence-corrected chi connectivity index (χ2v) is 4.05. The number of nitrogens with zero attached hydrogens (tertiary/aromatic N) is 2. The summed E-state index contributed by atoms with van der Waals surface area (Å²) < 4.78 is 0. The third kappa shape index (κ3) is 2.31. The van der Waals surface area contributed by atoms with Gasteiger partial charge < -0.3 is 5.32 Å².